The third-order valence-corrected chi connectivity index (χ3v) is 3.97. The molecule has 0 aromatic heterocycles. The van der Waals surface area contributed by atoms with E-state index < -0.39 is 0 Å². The maximum absolute atomic E-state index is 5.39. The molecule has 1 aromatic rings. The minimum absolute atomic E-state index is 0.716. The Balaban J connectivity index is 2.43. The zero-order chi connectivity index (χ0) is 15.0. The number of thiocarbonyl (C=S) groups is 1. The molecule has 0 aliphatic carbocycles. The standard InChI is InChI=1S/C17H28N2S/c1-5-7-8-15(6-2)12-18-17(20)19-16-10-9-13(3)11-14(16)4/h9-11,15H,5-8,12H2,1-4H3,(H2,18,19,20)/t15-/m0/s1. The second-order valence-electron chi connectivity index (χ2n) is 5.57. The molecular formula is C17H28N2S. The van der Waals surface area contributed by atoms with E-state index in [0.717, 1.165) is 17.3 Å². The second kappa shape index (κ2) is 8.96. The molecular weight excluding hydrogens is 264 g/mol. The van der Waals surface area contributed by atoms with E-state index in [-0.39, 0.29) is 0 Å². The summed E-state index contributed by atoms with van der Waals surface area (Å²) in [5, 5.41) is 7.38. The summed E-state index contributed by atoms with van der Waals surface area (Å²) < 4.78 is 0. The lowest BCUT2D eigenvalue weighted by molar-refractivity contribution is 0.446. The van der Waals surface area contributed by atoms with Crippen LogP contribution < -0.4 is 10.6 Å². The van der Waals surface area contributed by atoms with Crippen LogP contribution in [-0.2, 0) is 0 Å². The smallest absolute Gasteiger partial charge is 0.170 e. The number of benzene rings is 1. The van der Waals surface area contributed by atoms with Crippen LogP contribution in [0.4, 0.5) is 5.69 Å². The topological polar surface area (TPSA) is 24.1 Å². The number of rotatable bonds is 7. The van der Waals surface area contributed by atoms with Crippen molar-refractivity contribution >= 4 is 23.0 Å². The largest absolute Gasteiger partial charge is 0.362 e. The van der Waals surface area contributed by atoms with E-state index in [2.05, 4.69) is 56.5 Å². The molecule has 0 aliphatic rings. The Morgan fingerprint density at radius 3 is 2.60 bits per heavy atom. The van der Waals surface area contributed by atoms with Crippen molar-refractivity contribution in [3.05, 3.63) is 29.3 Å². The molecule has 3 heteroatoms. The molecule has 0 aliphatic heterocycles. The van der Waals surface area contributed by atoms with Gasteiger partial charge in [-0.1, -0.05) is 50.8 Å². The molecule has 0 saturated heterocycles. The van der Waals surface area contributed by atoms with Gasteiger partial charge in [-0.05, 0) is 50.0 Å². The highest BCUT2D eigenvalue weighted by Crippen LogP contribution is 2.16. The molecule has 0 radical (unpaired) electrons. The van der Waals surface area contributed by atoms with Gasteiger partial charge in [0.2, 0.25) is 0 Å². The average Bonchev–Trinajstić information content (AvgIpc) is 2.42. The van der Waals surface area contributed by atoms with Crippen LogP contribution in [-0.4, -0.2) is 11.7 Å². The van der Waals surface area contributed by atoms with Gasteiger partial charge in [-0.15, -0.1) is 0 Å². The number of anilines is 1. The second-order valence-corrected chi connectivity index (χ2v) is 5.98. The first-order valence-electron chi connectivity index (χ1n) is 7.68. The Hall–Kier alpha value is -1.09. The van der Waals surface area contributed by atoms with Gasteiger partial charge in [-0.2, -0.15) is 0 Å². The molecule has 0 amide bonds. The number of hydrogen-bond acceptors (Lipinski definition) is 1. The summed E-state index contributed by atoms with van der Waals surface area (Å²) in [5.74, 6) is 0.716. The van der Waals surface area contributed by atoms with Crippen molar-refractivity contribution in [1.29, 1.82) is 0 Å². The SMILES string of the molecule is CCCC[C@H](CC)CNC(=S)Nc1ccc(C)cc1C. The summed E-state index contributed by atoms with van der Waals surface area (Å²) in [6, 6.07) is 6.36. The van der Waals surface area contributed by atoms with Crippen LogP contribution in [0.5, 0.6) is 0 Å². The maximum atomic E-state index is 5.39. The van der Waals surface area contributed by atoms with Gasteiger partial charge in [0.1, 0.15) is 0 Å². The summed E-state index contributed by atoms with van der Waals surface area (Å²) >= 11 is 5.39. The van der Waals surface area contributed by atoms with E-state index >= 15 is 0 Å². The fourth-order valence-corrected chi connectivity index (χ4v) is 2.49. The fourth-order valence-electron chi connectivity index (χ4n) is 2.30. The van der Waals surface area contributed by atoms with Crippen LogP contribution in [0, 0.1) is 19.8 Å². The molecule has 2 nitrogen and oxygen atoms in total. The lowest BCUT2D eigenvalue weighted by Crippen LogP contribution is -2.33. The molecule has 0 bridgehead atoms. The van der Waals surface area contributed by atoms with E-state index in [0.29, 0.717) is 5.92 Å². The number of aryl methyl sites for hydroxylation is 2. The van der Waals surface area contributed by atoms with Crippen LogP contribution in [0.1, 0.15) is 50.7 Å². The first-order chi connectivity index (χ1) is 9.56. The number of unbranched alkanes of at least 4 members (excludes halogenated alkanes) is 1. The van der Waals surface area contributed by atoms with Gasteiger partial charge in [-0.25, -0.2) is 0 Å². The summed E-state index contributed by atoms with van der Waals surface area (Å²) in [6.45, 7) is 9.67. The van der Waals surface area contributed by atoms with Crippen molar-refractivity contribution in [3.63, 3.8) is 0 Å². The Morgan fingerprint density at radius 2 is 2.00 bits per heavy atom. The van der Waals surface area contributed by atoms with Crippen LogP contribution in [0.15, 0.2) is 18.2 Å². The predicted molar refractivity (Wildman–Crippen MR) is 93.4 cm³/mol. The minimum Gasteiger partial charge on any atom is -0.362 e. The zero-order valence-electron chi connectivity index (χ0n) is 13.3. The van der Waals surface area contributed by atoms with E-state index in [4.69, 9.17) is 12.2 Å². The van der Waals surface area contributed by atoms with Crippen molar-refractivity contribution in [1.82, 2.24) is 5.32 Å². The van der Waals surface area contributed by atoms with Crippen molar-refractivity contribution in [2.75, 3.05) is 11.9 Å². The highest BCUT2D eigenvalue weighted by Gasteiger charge is 2.07. The molecule has 1 atom stereocenters. The third-order valence-electron chi connectivity index (χ3n) is 3.72. The highest BCUT2D eigenvalue weighted by atomic mass is 32.1. The molecule has 1 rings (SSSR count). The van der Waals surface area contributed by atoms with Gasteiger partial charge in [-0.3, -0.25) is 0 Å². The number of hydrogen-bond donors (Lipinski definition) is 2. The Bertz CT molecular complexity index is 429. The average molecular weight is 292 g/mol. The molecule has 1 aromatic carbocycles. The summed E-state index contributed by atoms with van der Waals surface area (Å²) in [6.07, 6.45) is 5.06. The van der Waals surface area contributed by atoms with Gasteiger partial charge in [0.05, 0.1) is 0 Å². The highest BCUT2D eigenvalue weighted by molar-refractivity contribution is 7.80. The third kappa shape index (κ3) is 5.91. The molecule has 0 saturated carbocycles. The van der Waals surface area contributed by atoms with Crippen LogP contribution in [0.2, 0.25) is 0 Å². The normalized spacial score (nSPS) is 12.0. The summed E-state index contributed by atoms with van der Waals surface area (Å²) in [7, 11) is 0. The molecule has 112 valence electrons. The molecule has 0 heterocycles. The lowest BCUT2D eigenvalue weighted by Gasteiger charge is -2.18. The quantitative estimate of drug-likeness (QED) is 0.705. The Morgan fingerprint density at radius 1 is 1.25 bits per heavy atom. The fraction of sp³-hybridized carbons (Fsp3) is 0.588. The number of nitrogens with one attached hydrogen (secondary N) is 2. The van der Waals surface area contributed by atoms with Crippen molar-refractivity contribution in [2.45, 2.75) is 53.4 Å². The van der Waals surface area contributed by atoms with Crippen LogP contribution >= 0.6 is 12.2 Å². The van der Waals surface area contributed by atoms with Crippen LogP contribution in [0.25, 0.3) is 0 Å². The zero-order valence-corrected chi connectivity index (χ0v) is 14.1. The van der Waals surface area contributed by atoms with Crippen molar-refractivity contribution in [3.8, 4) is 0 Å². The van der Waals surface area contributed by atoms with E-state index in [1.165, 1.54) is 36.8 Å². The van der Waals surface area contributed by atoms with E-state index in [9.17, 15) is 0 Å². The van der Waals surface area contributed by atoms with Gasteiger partial charge in [0.25, 0.3) is 0 Å². The molecule has 0 spiro atoms. The van der Waals surface area contributed by atoms with Crippen molar-refractivity contribution < 1.29 is 0 Å². The van der Waals surface area contributed by atoms with Crippen molar-refractivity contribution in [2.24, 2.45) is 5.92 Å². The van der Waals surface area contributed by atoms with Gasteiger partial charge < -0.3 is 10.6 Å². The maximum Gasteiger partial charge on any atom is 0.170 e. The predicted octanol–water partition coefficient (Wildman–Crippen LogP) is 4.81. The van der Waals surface area contributed by atoms with Gasteiger partial charge in [0.15, 0.2) is 5.11 Å². The van der Waals surface area contributed by atoms with E-state index in [1.54, 1.807) is 0 Å². The Kier molecular flexibility index (Phi) is 7.60. The van der Waals surface area contributed by atoms with Crippen LogP contribution in [0.3, 0.4) is 0 Å². The summed E-state index contributed by atoms with van der Waals surface area (Å²) in [4.78, 5) is 0. The molecule has 2 N–H and O–H groups in total. The van der Waals surface area contributed by atoms with Gasteiger partial charge in [0, 0.05) is 12.2 Å². The monoisotopic (exact) mass is 292 g/mol. The lowest BCUT2D eigenvalue weighted by atomic mass is 9.99. The minimum atomic E-state index is 0.716. The molecule has 0 unspecified atom stereocenters. The summed E-state index contributed by atoms with van der Waals surface area (Å²) in [5.41, 5.74) is 3.60. The van der Waals surface area contributed by atoms with Gasteiger partial charge >= 0.3 is 0 Å². The molecule has 20 heavy (non-hydrogen) atoms. The molecule has 0 fully saturated rings. The Labute approximate surface area is 129 Å². The first kappa shape index (κ1) is 17.0. The van der Waals surface area contributed by atoms with E-state index in [1.807, 2.05) is 0 Å². The first-order valence-corrected chi connectivity index (χ1v) is 8.09.